The van der Waals surface area contributed by atoms with Gasteiger partial charge in [0.1, 0.15) is 11.3 Å². The Morgan fingerprint density at radius 2 is 2.19 bits per heavy atom. The van der Waals surface area contributed by atoms with Crippen LogP contribution in [-0.4, -0.2) is 25.9 Å². The minimum atomic E-state index is 0.306. The zero-order valence-electron chi connectivity index (χ0n) is 11.3. The Kier molecular flexibility index (Phi) is 3.09. The summed E-state index contributed by atoms with van der Waals surface area (Å²) >= 11 is 6.08. The molecule has 0 saturated carbocycles. The number of rotatable bonds is 2. The van der Waals surface area contributed by atoms with E-state index in [-0.39, 0.29) is 0 Å². The van der Waals surface area contributed by atoms with Crippen LogP contribution in [0.25, 0.3) is 17.0 Å². The predicted molar refractivity (Wildman–Crippen MR) is 81.2 cm³/mol. The SMILES string of the molecule is Clc1ccc2ncc(-c3cncc(C4CCCN4)n3)n2c1. The second-order valence-electron chi connectivity index (χ2n) is 5.20. The number of hydrogen-bond donors (Lipinski definition) is 1. The highest BCUT2D eigenvalue weighted by Crippen LogP contribution is 2.24. The third-order valence-electron chi connectivity index (χ3n) is 3.80. The van der Waals surface area contributed by atoms with Gasteiger partial charge in [-0.2, -0.15) is 0 Å². The molecule has 1 unspecified atom stereocenters. The number of hydrogen-bond acceptors (Lipinski definition) is 4. The lowest BCUT2D eigenvalue weighted by Gasteiger charge is -2.10. The number of fused-ring (bicyclic) bond motifs is 1. The summed E-state index contributed by atoms with van der Waals surface area (Å²) in [6, 6.07) is 4.03. The first-order chi connectivity index (χ1) is 10.3. The third-order valence-corrected chi connectivity index (χ3v) is 4.03. The van der Waals surface area contributed by atoms with Crippen LogP contribution in [0.1, 0.15) is 24.6 Å². The smallest absolute Gasteiger partial charge is 0.137 e. The Morgan fingerprint density at radius 3 is 3.05 bits per heavy atom. The van der Waals surface area contributed by atoms with Crippen LogP contribution in [0.3, 0.4) is 0 Å². The van der Waals surface area contributed by atoms with Crippen molar-refractivity contribution >= 4 is 17.2 Å². The highest BCUT2D eigenvalue weighted by atomic mass is 35.5. The molecular formula is C15H14ClN5. The first kappa shape index (κ1) is 12.7. The van der Waals surface area contributed by atoms with Crippen molar-refractivity contribution < 1.29 is 0 Å². The minimum Gasteiger partial charge on any atom is -0.309 e. The van der Waals surface area contributed by atoms with E-state index < -0.39 is 0 Å². The Hall–Kier alpha value is -1.98. The van der Waals surface area contributed by atoms with Gasteiger partial charge in [0.2, 0.25) is 0 Å². The Balaban J connectivity index is 1.81. The predicted octanol–water partition coefficient (Wildman–Crippen LogP) is 2.87. The Morgan fingerprint density at radius 1 is 1.24 bits per heavy atom. The summed E-state index contributed by atoms with van der Waals surface area (Å²) in [7, 11) is 0. The van der Waals surface area contributed by atoms with Crippen molar-refractivity contribution in [2.24, 2.45) is 0 Å². The summed E-state index contributed by atoms with van der Waals surface area (Å²) in [6.45, 7) is 1.04. The van der Waals surface area contributed by atoms with Crippen LogP contribution in [-0.2, 0) is 0 Å². The second-order valence-corrected chi connectivity index (χ2v) is 5.63. The molecule has 21 heavy (non-hydrogen) atoms. The average Bonchev–Trinajstić information content (AvgIpc) is 3.16. The molecule has 3 aromatic heterocycles. The fourth-order valence-electron chi connectivity index (χ4n) is 2.75. The van der Waals surface area contributed by atoms with Gasteiger partial charge in [0, 0.05) is 6.20 Å². The number of halogens is 1. The van der Waals surface area contributed by atoms with Gasteiger partial charge in [0.15, 0.2) is 0 Å². The van der Waals surface area contributed by atoms with Crippen LogP contribution < -0.4 is 5.32 Å². The molecule has 0 amide bonds. The van der Waals surface area contributed by atoms with E-state index in [1.807, 2.05) is 35.1 Å². The first-order valence-corrected chi connectivity index (χ1v) is 7.37. The van der Waals surface area contributed by atoms with E-state index in [0.29, 0.717) is 11.1 Å². The molecule has 4 rings (SSSR count). The van der Waals surface area contributed by atoms with Crippen LogP contribution in [0.5, 0.6) is 0 Å². The second kappa shape index (κ2) is 5.09. The molecule has 1 fully saturated rings. The summed E-state index contributed by atoms with van der Waals surface area (Å²) in [6.07, 6.45) is 9.55. The van der Waals surface area contributed by atoms with Gasteiger partial charge in [0.25, 0.3) is 0 Å². The van der Waals surface area contributed by atoms with Crippen molar-refractivity contribution in [3.8, 4) is 11.4 Å². The van der Waals surface area contributed by atoms with Crippen LogP contribution in [0.2, 0.25) is 5.02 Å². The zero-order chi connectivity index (χ0) is 14.2. The van der Waals surface area contributed by atoms with Crippen LogP contribution in [0.15, 0.2) is 36.9 Å². The zero-order valence-corrected chi connectivity index (χ0v) is 12.1. The van der Waals surface area contributed by atoms with Gasteiger partial charge < -0.3 is 5.32 Å². The van der Waals surface area contributed by atoms with E-state index in [4.69, 9.17) is 16.6 Å². The van der Waals surface area contributed by atoms with E-state index >= 15 is 0 Å². The standard InChI is InChI=1S/C15H14ClN5/c16-10-3-4-15-19-8-14(21(15)9-10)13-7-17-6-12(20-13)11-2-1-5-18-11/h3-4,6-9,11,18H,1-2,5H2. The molecule has 0 radical (unpaired) electrons. The molecule has 5 nitrogen and oxygen atoms in total. The van der Waals surface area contributed by atoms with Crippen molar-refractivity contribution in [3.05, 3.63) is 47.6 Å². The molecular weight excluding hydrogens is 286 g/mol. The third kappa shape index (κ3) is 2.28. The molecule has 6 heteroatoms. The lowest BCUT2D eigenvalue weighted by Crippen LogP contribution is -2.14. The lowest BCUT2D eigenvalue weighted by atomic mass is 10.1. The van der Waals surface area contributed by atoms with Gasteiger partial charge in [-0.1, -0.05) is 11.6 Å². The minimum absolute atomic E-state index is 0.306. The number of nitrogens with one attached hydrogen (secondary N) is 1. The molecule has 0 bridgehead atoms. The summed E-state index contributed by atoms with van der Waals surface area (Å²) in [5, 5.41) is 4.12. The highest BCUT2D eigenvalue weighted by Gasteiger charge is 2.19. The summed E-state index contributed by atoms with van der Waals surface area (Å²) in [4.78, 5) is 13.5. The van der Waals surface area contributed by atoms with E-state index in [0.717, 1.165) is 35.7 Å². The van der Waals surface area contributed by atoms with Crippen LogP contribution in [0, 0.1) is 0 Å². The maximum absolute atomic E-state index is 6.08. The van der Waals surface area contributed by atoms with Crippen molar-refractivity contribution in [1.82, 2.24) is 24.7 Å². The van der Waals surface area contributed by atoms with E-state index in [2.05, 4.69) is 15.3 Å². The molecule has 106 valence electrons. The van der Waals surface area contributed by atoms with Gasteiger partial charge in [-0.25, -0.2) is 9.97 Å². The topological polar surface area (TPSA) is 55.1 Å². The number of pyridine rings is 1. The Bertz CT molecular complexity index is 792. The molecule has 1 saturated heterocycles. The Labute approximate surface area is 127 Å². The van der Waals surface area contributed by atoms with E-state index in [1.54, 1.807) is 6.20 Å². The monoisotopic (exact) mass is 299 g/mol. The van der Waals surface area contributed by atoms with E-state index in [1.165, 1.54) is 6.42 Å². The average molecular weight is 300 g/mol. The van der Waals surface area contributed by atoms with Gasteiger partial charge >= 0.3 is 0 Å². The van der Waals surface area contributed by atoms with Crippen molar-refractivity contribution in [2.45, 2.75) is 18.9 Å². The molecule has 0 aliphatic carbocycles. The van der Waals surface area contributed by atoms with Gasteiger partial charge in [0.05, 0.1) is 41.0 Å². The highest BCUT2D eigenvalue weighted by molar-refractivity contribution is 6.30. The molecule has 0 spiro atoms. The van der Waals surface area contributed by atoms with Crippen LogP contribution in [0.4, 0.5) is 0 Å². The van der Waals surface area contributed by atoms with Crippen molar-refractivity contribution in [2.75, 3.05) is 6.54 Å². The normalized spacial score (nSPS) is 18.4. The molecule has 4 heterocycles. The van der Waals surface area contributed by atoms with Gasteiger partial charge in [-0.15, -0.1) is 0 Å². The summed E-state index contributed by atoms with van der Waals surface area (Å²) in [5.74, 6) is 0. The summed E-state index contributed by atoms with van der Waals surface area (Å²) in [5.41, 5.74) is 3.55. The number of nitrogens with zero attached hydrogens (tertiary/aromatic N) is 4. The fraction of sp³-hybridized carbons (Fsp3) is 0.267. The van der Waals surface area contributed by atoms with Crippen molar-refractivity contribution in [3.63, 3.8) is 0 Å². The molecule has 1 aliphatic rings. The maximum Gasteiger partial charge on any atom is 0.137 e. The fourth-order valence-corrected chi connectivity index (χ4v) is 2.91. The summed E-state index contributed by atoms with van der Waals surface area (Å²) < 4.78 is 1.94. The quantitative estimate of drug-likeness (QED) is 0.790. The molecule has 0 aromatic carbocycles. The number of aromatic nitrogens is 4. The first-order valence-electron chi connectivity index (χ1n) is 6.99. The molecule has 3 aromatic rings. The lowest BCUT2D eigenvalue weighted by molar-refractivity contribution is 0.625. The van der Waals surface area contributed by atoms with Gasteiger partial charge in [-0.05, 0) is 31.5 Å². The molecule has 1 N–H and O–H groups in total. The van der Waals surface area contributed by atoms with E-state index in [9.17, 15) is 0 Å². The van der Waals surface area contributed by atoms with Crippen LogP contribution >= 0.6 is 11.6 Å². The van der Waals surface area contributed by atoms with Crippen molar-refractivity contribution in [1.29, 1.82) is 0 Å². The largest absolute Gasteiger partial charge is 0.309 e. The molecule has 1 aliphatic heterocycles. The maximum atomic E-state index is 6.08. The molecule has 1 atom stereocenters. The van der Waals surface area contributed by atoms with Gasteiger partial charge in [-0.3, -0.25) is 9.38 Å². The number of imidazole rings is 1.